The first-order valence-electron chi connectivity index (χ1n) is 7.87. The number of nitrogens with two attached hydrogens (primary N) is 1. The summed E-state index contributed by atoms with van der Waals surface area (Å²) in [6.45, 7) is 2.11. The summed E-state index contributed by atoms with van der Waals surface area (Å²) in [6, 6.07) is 6.87. The summed E-state index contributed by atoms with van der Waals surface area (Å²) < 4.78 is 0. The van der Waals surface area contributed by atoms with Crippen molar-refractivity contribution in [1.29, 1.82) is 0 Å². The third-order valence-corrected chi connectivity index (χ3v) is 4.62. The van der Waals surface area contributed by atoms with Gasteiger partial charge in [-0.25, -0.2) is 0 Å². The van der Waals surface area contributed by atoms with Crippen LogP contribution in [0, 0.1) is 5.92 Å². The van der Waals surface area contributed by atoms with Crippen LogP contribution in [-0.2, 0) is 11.2 Å². The molecule has 0 saturated heterocycles. The van der Waals surface area contributed by atoms with Crippen molar-refractivity contribution in [2.24, 2.45) is 11.7 Å². The van der Waals surface area contributed by atoms with E-state index in [1.165, 1.54) is 16.7 Å². The molecule has 20 heavy (non-hydrogen) atoms. The number of rotatable bonds is 4. The van der Waals surface area contributed by atoms with E-state index in [2.05, 4.69) is 30.4 Å². The Kier molecular flexibility index (Phi) is 3.79. The van der Waals surface area contributed by atoms with E-state index >= 15 is 0 Å². The van der Waals surface area contributed by atoms with Gasteiger partial charge in [0, 0.05) is 12.0 Å². The lowest BCUT2D eigenvalue weighted by atomic mass is 9.85. The van der Waals surface area contributed by atoms with E-state index in [4.69, 9.17) is 5.73 Å². The Balaban J connectivity index is 1.83. The fraction of sp³-hybridized carbons (Fsp3) is 0.588. The molecule has 0 bridgehead atoms. The van der Waals surface area contributed by atoms with Crippen LogP contribution in [0.15, 0.2) is 18.2 Å². The van der Waals surface area contributed by atoms with Crippen LogP contribution in [0.1, 0.15) is 67.8 Å². The van der Waals surface area contributed by atoms with Crippen molar-refractivity contribution in [2.45, 2.75) is 57.5 Å². The third kappa shape index (κ3) is 2.73. The van der Waals surface area contributed by atoms with E-state index in [1.807, 2.05) is 0 Å². The number of hydrogen-bond donors (Lipinski definition) is 2. The van der Waals surface area contributed by atoms with Crippen LogP contribution < -0.4 is 11.1 Å². The third-order valence-electron chi connectivity index (χ3n) is 4.62. The monoisotopic (exact) mass is 272 g/mol. The summed E-state index contributed by atoms with van der Waals surface area (Å²) in [5.41, 5.74) is 10.0. The van der Waals surface area contributed by atoms with E-state index in [0.29, 0.717) is 0 Å². The highest BCUT2D eigenvalue weighted by atomic mass is 16.2. The van der Waals surface area contributed by atoms with Crippen LogP contribution in [-0.4, -0.2) is 5.91 Å². The first-order valence-corrected chi connectivity index (χ1v) is 7.87. The largest absolute Gasteiger partial charge is 0.349 e. The standard InChI is InChI=1S/C17H24N2O/c1-2-15(18)13-9-6-11-4-3-5-16(14(11)10-13)19-17(20)12-7-8-12/h6,9-10,12,15-16H,2-5,7-8,18H2,1H3,(H,19,20). The number of carbonyl (C=O) groups is 1. The van der Waals surface area contributed by atoms with E-state index in [1.54, 1.807) is 0 Å². The molecule has 2 atom stereocenters. The molecular formula is C17H24N2O. The van der Waals surface area contributed by atoms with Gasteiger partial charge in [0.2, 0.25) is 5.91 Å². The zero-order valence-electron chi connectivity index (χ0n) is 12.2. The molecule has 1 aromatic carbocycles. The number of hydrogen-bond acceptors (Lipinski definition) is 2. The summed E-state index contributed by atoms with van der Waals surface area (Å²) in [4.78, 5) is 12.0. The van der Waals surface area contributed by atoms with Crippen molar-refractivity contribution in [1.82, 2.24) is 5.32 Å². The Labute approximate surface area is 120 Å². The number of carbonyl (C=O) groups excluding carboxylic acids is 1. The zero-order chi connectivity index (χ0) is 14.1. The molecule has 2 aliphatic carbocycles. The molecule has 0 heterocycles. The van der Waals surface area contributed by atoms with Crippen LogP contribution >= 0.6 is 0 Å². The number of benzene rings is 1. The molecule has 2 aliphatic rings. The van der Waals surface area contributed by atoms with Gasteiger partial charge in [-0.2, -0.15) is 0 Å². The molecule has 1 saturated carbocycles. The van der Waals surface area contributed by atoms with Crippen LogP contribution in [0.5, 0.6) is 0 Å². The molecule has 1 amide bonds. The van der Waals surface area contributed by atoms with Crippen LogP contribution in [0.4, 0.5) is 0 Å². The summed E-state index contributed by atoms with van der Waals surface area (Å²) in [5, 5.41) is 3.24. The van der Waals surface area contributed by atoms with Gasteiger partial charge in [-0.05, 0) is 55.2 Å². The van der Waals surface area contributed by atoms with Gasteiger partial charge in [-0.3, -0.25) is 4.79 Å². The van der Waals surface area contributed by atoms with E-state index < -0.39 is 0 Å². The van der Waals surface area contributed by atoms with Gasteiger partial charge in [0.15, 0.2) is 0 Å². The van der Waals surface area contributed by atoms with Crippen LogP contribution in [0.2, 0.25) is 0 Å². The first-order chi connectivity index (χ1) is 9.69. The number of nitrogens with one attached hydrogen (secondary N) is 1. The molecular weight excluding hydrogens is 248 g/mol. The summed E-state index contributed by atoms with van der Waals surface area (Å²) in [6.07, 6.45) is 6.39. The Morgan fingerprint density at radius 2 is 2.20 bits per heavy atom. The average molecular weight is 272 g/mol. The van der Waals surface area contributed by atoms with Crippen molar-refractivity contribution < 1.29 is 4.79 Å². The molecule has 108 valence electrons. The maximum Gasteiger partial charge on any atom is 0.223 e. The molecule has 3 N–H and O–H groups in total. The lowest BCUT2D eigenvalue weighted by molar-refractivity contribution is -0.123. The number of fused-ring (bicyclic) bond motifs is 1. The maximum absolute atomic E-state index is 12.0. The second kappa shape index (κ2) is 5.57. The molecule has 1 fully saturated rings. The lowest BCUT2D eigenvalue weighted by Crippen LogP contribution is -2.32. The molecule has 2 unspecified atom stereocenters. The SMILES string of the molecule is CCC(N)c1ccc2c(c1)C(NC(=O)C1CC1)CCC2. The summed E-state index contributed by atoms with van der Waals surface area (Å²) in [5.74, 6) is 0.523. The minimum absolute atomic E-state index is 0.0991. The Morgan fingerprint density at radius 1 is 1.40 bits per heavy atom. The average Bonchev–Trinajstić information content (AvgIpc) is 3.31. The van der Waals surface area contributed by atoms with Crippen LogP contribution in [0.3, 0.4) is 0 Å². The second-order valence-corrected chi connectivity index (χ2v) is 6.20. The van der Waals surface area contributed by atoms with Crippen molar-refractivity contribution in [2.75, 3.05) is 0 Å². The van der Waals surface area contributed by atoms with E-state index in [0.717, 1.165) is 38.5 Å². The van der Waals surface area contributed by atoms with Gasteiger partial charge < -0.3 is 11.1 Å². The summed E-state index contributed by atoms with van der Waals surface area (Å²) >= 11 is 0. The molecule has 0 aliphatic heterocycles. The van der Waals surface area contributed by atoms with Gasteiger partial charge in [-0.15, -0.1) is 0 Å². The predicted molar refractivity (Wildman–Crippen MR) is 80.2 cm³/mol. The maximum atomic E-state index is 12.0. The Hall–Kier alpha value is -1.35. The number of aryl methyl sites for hydroxylation is 1. The van der Waals surface area contributed by atoms with Gasteiger partial charge in [0.25, 0.3) is 0 Å². The first kappa shape index (κ1) is 13.6. The van der Waals surface area contributed by atoms with Crippen molar-refractivity contribution in [3.63, 3.8) is 0 Å². The topological polar surface area (TPSA) is 55.1 Å². The molecule has 0 spiro atoms. The summed E-state index contributed by atoms with van der Waals surface area (Å²) in [7, 11) is 0. The van der Waals surface area contributed by atoms with Crippen molar-refractivity contribution in [3.8, 4) is 0 Å². The highest BCUT2D eigenvalue weighted by Gasteiger charge is 2.32. The second-order valence-electron chi connectivity index (χ2n) is 6.20. The highest BCUT2D eigenvalue weighted by Crippen LogP contribution is 2.34. The molecule has 1 aromatic rings. The van der Waals surface area contributed by atoms with Crippen molar-refractivity contribution >= 4 is 5.91 Å². The molecule has 0 aromatic heterocycles. The van der Waals surface area contributed by atoms with Gasteiger partial charge in [0.1, 0.15) is 0 Å². The predicted octanol–water partition coefficient (Wildman–Crippen LogP) is 3.00. The smallest absolute Gasteiger partial charge is 0.223 e. The Bertz CT molecular complexity index is 508. The molecule has 0 radical (unpaired) electrons. The van der Waals surface area contributed by atoms with E-state index in [9.17, 15) is 4.79 Å². The van der Waals surface area contributed by atoms with Gasteiger partial charge in [0.05, 0.1) is 6.04 Å². The minimum Gasteiger partial charge on any atom is -0.349 e. The fourth-order valence-electron chi connectivity index (χ4n) is 3.07. The normalized spacial score (nSPS) is 23.0. The Morgan fingerprint density at radius 3 is 2.90 bits per heavy atom. The lowest BCUT2D eigenvalue weighted by Gasteiger charge is -2.28. The zero-order valence-corrected chi connectivity index (χ0v) is 12.2. The van der Waals surface area contributed by atoms with Gasteiger partial charge in [-0.1, -0.05) is 25.1 Å². The quantitative estimate of drug-likeness (QED) is 0.885. The molecule has 3 heteroatoms. The molecule has 3 rings (SSSR count). The van der Waals surface area contributed by atoms with E-state index in [-0.39, 0.29) is 23.9 Å². The fourth-order valence-corrected chi connectivity index (χ4v) is 3.07. The van der Waals surface area contributed by atoms with Crippen LogP contribution in [0.25, 0.3) is 0 Å². The highest BCUT2D eigenvalue weighted by molar-refractivity contribution is 5.81. The molecule has 3 nitrogen and oxygen atoms in total. The minimum atomic E-state index is 0.0991. The van der Waals surface area contributed by atoms with Gasteiger partial charge >= 0.3 is 0 Å². The van der Waals surface area contributed by atoms with Crippen molar-refractivity contribution in [3.05, 3.63) is 34.9 Å². The number of amides is 1.